The van der Waals surface area contributed by atoms with Gasteiger partial charge in [-0.1, -0.05) is 31.0 Å². The summed E-state index contributed by atoms with van der Waals surface area (Å²) >= 11 is 1.48. The monoisotopic (exact) mass is 295 g/mol. The fourth-order valence-corrected chi connectivity index (χ4v) is 3.03. The first kappa shape index (κ1) is 14.8. The summed E-state index contributed by atoms with van der Waals surface area (Å²) in [7, 11) is 0. The Morgan fingerprint density at radius 2 is 2.35 bits per heavy atom. The zero-order valence-corrected chi connectivity index (χ0v) is 12.5. The lowest BCUT2D eigenvalue weighted by Crippen LogP contribution is -2.42. The maximum atomic E-state index is 11.8. The van der Waals surface area contributed by atoms with Gasteiger partial charge in [-0.25, -0.2) is 0 Å². The summed E-state index contributed by atoms with van der Waals surface area (Å²) in [4.78, 5) is 17.6. The maximum Gasteiger partial charge on any atom is 0.261 e. The van der Waals surface area contributed by atoms with Gasteiger partial charge in [0.25, 0.3) is 5.91 Å². The number of nitrogens with two attached hydrogens (primary N) is 1. The van der Waals surface area contributed by atoms with Crippen molar-refractivity contribution >= 4 is 23.1 Å². The predicted octanol–water partition coefficient (Wildman–Crippen LogP) is 2.08. The van der Waals surface area contributed by atoms with Gasteiger partial charge in [-0.2, -0.15) is 0 Å². The summed E-state index contributed by atoms with van der Waals surface area (Å²) < 4.78 is 0. The number of amides is 1. The minimum Gasteiger partial charge on any atom is -0.384 e. The smallest absolute Gasteiger partial charge is 0.261 e. The highest BCUT2D eigenvalue weighted by molar-refractivity contribution is 7.12. The Hall–Kier alpha value is -1.56. The number of thiophene rings is 1. The van der Waals surface area contributed by atoms with Crippen LogP contribution in [0.15, 0.2) is 22.7 Å². The summed E-state index contributed by atoms with van der Waals surface area (Å²) in [5.74, 6) is 0.706. The lowest BCUT2D eigenvalue weighted by atomic mass is 9.86. The van der Waals surface area contributed by atoms with Crippen molar-refractivity contribution in [2.45, 2.75) is 38.6 Å². The van der Waals surface area contributed by atoms with E-state index in [1.165, 1.54) is 30.6 Å². The molecule has 0 spiro atoms. The largest absolute Gasteiger partial charge is 0.384 e. The Kier molecular flexibility index (Phi) is 5.40. The zero-order valence-electron chi connectivity index (χ0n) is 11.7. The SMILES string of the molecule is CC1CCCCC1NC(=O)CO/N=C(\N)c1cccs1. The number of nitrogens with zero attached hydrogens (tertiary/aromatic N) is 1. The van der Waals surface area contributed by atoms with Crippen LogP contribution in [0.5, 0.6) is 0 Å². The Morgan fingerprint density at radius 3 is 3.05 bits per heavy atom. The molecule has 1 aromatic rings. The minimum absolute atomic E-state index is 0.0880. The molecule has 5 nitrogen and oxygen atoms in total. The average molecular weight is 295 g/mol. The van der Waals surface area contributed by atoms with Crippen molar-refractivity contribution in [2.75, 3.05) is 6.61 Å². The molecule has 1 fully saturated rings. The first-order valence-corrected chi connectivity index (χ1v) is 7.83. The van der Waals surface area contributed by atoms with Gasteiger partial charge in [0, 0.05) is 6.04 Å². The standard InChI is InChI=1S/C14H21N3O2S/c1-10-5-2-3-6-11(10)16-13(18)9-19-17-14(15)12-7-4-8-20-12/h4,7-8,10-11H,2-3,5-6,9H2,1H3,(H2,15,17)(H,16,18). The fraction of sp³-hybridized carbons (Fsp3) is 0.571. The molecular formula is C14H21N3O2S. The fourth-order valence-electron chi connectivity index (χ4n) is 2.41. The highest BCUT2D eigenvalue weighted by Gasteiger charge is 2.22. The van der Waals surface area contributed by atoms with Gasteiger partial charge in [-0.3, -0.25) is 4.79 Å². The van der Waals surface area contributed by atoms with E-state index in [4.69, 9.17) is 10.6 Å². The third kappa shape index (κ3) is 4.23. The van der Waals surface area contributed by atoms with Crippen LogP contribution in [0, 0.1) is 5.92 Å². The Balaban J connectivity index is 1.73. The molecule has 6 heteroatoms. The van der Waals surface area contributed by atoms with Crippen molar-refractivity contribution in [3.8, 4) is 0 Å². The highest BCUT2D eigenvalue weighted by atomic mass is 32.1. The van der Waals surface area contributed by atoms with Crippen LogP contribution in [0.3, 0.4) is 0 Å². The van der Waals surface area contributed by atoms with Crippen LogP contribution in [0.2, 0.25) is 0 Å². The van der Waals surface area contributed by atoms with E-state index in [2.05, 4.69) is 17.4 Å². The number of rotatable bonds is 5. The average Bonchev–Trinajstić information content (AvgIpc) is 2.95. The van der Waals surface area contributed by atoms with Crippen LogP contribution in [0.25, 0.3) is 0 Å². The van der Waals surface area contributed by atoms with E-state index in [-0.39, 0.29) is 18.6 Å². The normalized spacial score (nSPS) is 23.4. The maximum absolute atomic E-state index is 11.8. The topological polar surface area (TPSA) is 76.7 Å². The van der Waals surface area contributed by atoms with Crippen molar-refractivity contribution in [1.29, 1.82) is 0 Å². The Labute approximate surface area is 123 Å². The second kappa shape index (κ2) is 7.28. The van der Waals surface area contributed by atoms with E-state index >= 15 is 0 Å². The summed E-state index contributed by atoms with van der Waals surface area (Å²) in [5.41, 5.74) is 5.74. The molecule has 0 bridgehead atoms. The second-order valence-electron chi connectivity index (χ2n) is 5.16. The minimum atomic E-state index is -0.133. The van der Waals surface area contributed by atoms with E-state index in [0.717, 1.165) is 11.3 Å². The van der Waals surface area contributed by atoms with Gasteiger partial charge in [0.15, 0.2) is 12.4 Å². The van der Waals surface area contributed by atoms with Crippen molar-refractivity contribution in [2.24, 2.45) is 16.8 Å². The molecule has 0 aliphatic heterocycles. The third-order valence-corrected chi connectivity index (χ3v) is 4.48. The van der Waals surface area contributed by atoms with Crippen LogP contribution in [0.1, 0.15) is 37.5 Å². The number of amidine groups is 1. The molecule has 1 aromatic heterocycles. The summed E-state index contributed by atoms with van der Waals surface area (Å²) in [6.45, 7) is 2.09. The first-order valence-electron chi connectivity index (χ1n) is 6.95. The lowest BCUT2D eigenvalue weighted by Gasteiger charge is -2.29. The molecule has 0 radical (unpaired) electrons. The van der Waals surface area contributed by atoms with Gasteiger partial charge in [0.1, 0.15) is 0 Å². The lowest BCUT2D eigenvalue weighted by molar-refractivity contribution is -0.126. The molecule has 1 aliphatic rings. The highest BCUT2D eigenvalue weighted by Crippen LogP contribution is 2.23. The molecule has 1 heterocycles. The van der Waals surface area contributed by atoms with Crippen LogP contribution >= 0.6 is 11.3 Å². The molecular weight excluding hydrogens is 274 g/mol. The number of oxime groups is 1. The summed E-state index contributed by atoms with van der Waals surface area (Å²) in [6, 6.07) is 4.01. The third-order valence-electron chi connectivity index (χ3n) is 3.59. The molecule has 1 saturated carbocycles. The number of carbonyl (C=O) groups is 1. The van der Waals surface area contributed by atoms with Gasteiger partial charge in [-0.15, -0.1) is 11.3 Å². The molecule has 1 amide bonds. The number of hydrogen-bond donors (Lipinski definition) is 2. The molecule has 110 valence electrons. The van der Waals surface area contributed by atoms with Gasteiger partial charge in [-0.05, 0) is 30.2 Å². The summed E-state index contributed by atoms with van der Waals surface area (Å²) in [5, 5.41) is 8.68. The van der Waals surface area contributed by atoms with E-state index in [1.54, 1.807) is 0 Å². The van der Waals surface area contributed by atoms with E-state index in [1.807, 2.05) is 17.5 Å². The molecule has 0 aromatic carbocycles. The van der Waals surface area contributed by atoms with Crippen LogP contribution in [-0.4, -0.2) is 24.4 Å². The predicted molar refractivity (Wildman–Crippen MR) is 80.6 cm³/mol. The first-order chi connectivity index (χ1) is 9.66. The van der Waals surface area contributed by atoms with Gasteiger partial charge in [0.2, 0.25) is 0 Å². The summed E-state index contributed by atoms with van der Waals surface area (Å²) in [6.07, 6.45) is 4.66. The number of hydrogen-bond acceptors (Lipinski definition) is 4. The second-order valence-corrected chi connectivity index (χ2v) is 6.11. The van der Waals surface area contributed by atoms with Crippen LogP contribution in [-0.2, 0) is 9.63 Å². The van der Waals surface area contributed by atoms with E-state index in [0.29, 0.717) is 11.8 Å². The molecule has 1 aliphatic carbocycles. The van der Waals surface area contributed by atoms with Crippen molar-refractivity contribution in [1.82, 2.24) is 5.32 Å². The van der Waals surface area contributed by atoms with Crippen molar-refractivity contribution < 1.29 is 9.63 Å². The molecule has 3 N–H and O–H groups in total. The van der Waals surface area contributed by atoms with Gasteiger partial charge < -0.3 is 15.9 Å². The van der Waals surface area contributed by atoms with Crippen molar-refractivity contribution in [3.05, 3.63) is 22.4 Å². The molecule has 0 saturated heterocycles. The molecule has 2 unspecified atom stereocenters. The molecule has 2 atom stereocenters. The van der Waals surface area contributed by atoms with E-state index in [9.17, 15) is 4.79 Å². The Morgan fingerprint density at radius 1 is 1.55 bits per heavy atom. The van der Waals surface area contributed by atoms with E-state index < -0.39 is 0 Å². The molecule has 20 heavy (non-hydrogen) atoms. The van der Waals surface area contributed by atoms with Crippen LogP contribution < -0.4 is 11.1 Å². The van der Waals surface area contributed by atoms with Gasteiger partial charge >= 0.3 is 0 Å². The number of nitrogens with one attached hydrogen (secondary N) is 1. The number of carbonyl (C=O) groups excluding carboxylic acids is 1. The molecule has 2 rings (SSSR count). The van der Waals surface area contributed by atoms with Crippen LogP contribution in [0.4, 0.5) is 0 Å². The quantitative estimate of drug-likeness (QED) is 0.496. The zero-order chi connectivity index (χ0) is 14.4. The Bertz CT molecular complexity index is 459. The van der Waals surface area contributed by atoms with Crippen molar-refractivity contribution in [3.63, 3.8) is 0 Å². The van der Waals surface area contributed by atoms with Gasteiger partial charge in [0.05, 0.1) is 4.88 Å².